The molecule has 17 heavy (non-hydrogen) atoms. The smallest absolute Gasteiger partial charge is 0.161 e. The standard InChI is InChI=1S/C12H9ClFIN2/c1-6-3-4-8(5-9(6)14)12-16-7(2)10(15)11(13)17-12/h3-5H,1-2H3. The van der Waals surface area contributed by atoms with E-state index < -0.39 is 0 Å². The van der Waals surface area contributed by atoms with Crippen LogP contribution in [0.4, 0.5) is 4.39 Å². The first-order chi connectivity index (χ1) is 7.99. The van der Waals surface area contributed by atoms with Crippen molar-refractivity contribution < 1.29 is 4.39 Å². The van der Waals surface area contributed by atoms with Crippen LogP contribution in [0.1, 0.15) is 11.3 Å². The maximum absolute atomic E-state index is 13.5. The van der Waals surface area contributed by atoms with Crippen LogP contribution in [0.2, 0.25) is 5.15 Å². The van der Waals surface area contributed by atoms with Gasteiger partial charge in [0.05, 0.1) is 9.26 Å². The van der Waals surface area contributed by atoms with E-state index in [0.717, 1.165) is 9.26 Å². The van der Waals surface area contributed by atoms with Crippen LogP contribution >= 0.6 is 34.2 Å². The van der Waals surface area contributed by atoms with Crippen molar-refractivity contribution in [2.75, 3.05) is 0 Å². The highest BCUT2D eigenvalue weighted by atomic mass is 127. The van der Waals surface area contributed by atoms with Gasteiger partial charge in [0, 0.05) is 5.56 Å². The van der Waals surface area contributed by atoms with Crippen LogP contribution in [0.5, 0.6) is 0 Å². The summed E-state index contributed by atoms with van der Waals surface area (Å²) in [6.07, 6.45) is 0. The van der Waals surface area contributed by atoms with E-state index in [1.165, 1.54) is 6.07 Å². The minimum absolute atomic E-state index is 0.265. The maximum atomic E-state index is 13.5. The summed E-state index contributed by atoms with van der Waals surface area (Å²) in [7, 11) is 0. The van der Waals surface area contributed by atoms with Crippen molar-refractivity contribution in [3.8, 4) is 11.4 Å². The largest absolute Gasteiger partial charge is 0.232 e. The predicted molar refractivity (Wildman–Crippen MR) is 74.6 cm³/mol. The second-order valence-corrected chi connectivity index (χ2v) is 5.14. The van der Waals surface area contributed by atoms with Crippen molar-refractivity contribution in [3.05, 3.63) is 44.0 Å². The van der Waals surface area contributed by atoms with Gasteiger partial charge in [-0.05, 0) is 48.1 Å². The van der Waals surface area contributed by atoms with Gasteiger partial charge in [-0.25, -0.2) is 14.4 Å². The summed E-state index contributed by atoms with van der Waals surface area (Å²) >= 11 is 8.07. The van der Waals surface area contributed by atoms with Gasteiger partial charge in [-0.15, -0.1) is 0 Å². The number of nitrogens with zero attached hydrogens (tertiary/aromatic N) is 2. The molecule has 0 aliphatic carbocycles. The molecule has 1 aromatic heterocycles. The van der Waals surface area contributed by atoms with Crippen molar-refractivity contribution in [2.45, 2.75) is 13.8 Å². The molecule has 0 radical (unpaired) electrons. The third-order valence-corrected chi connectivity index (χ3v) is 4.29. The highest BCUT2D eigenvalue weighted by Gasteiger charge is 2.10. The van der Waals surface area contributed by atoms with E-state index in [4.69, 9.17) is 11.6 Å². The van der Waals surface area contributed by atoms with Gasteiger partial charge in [0.2, 0.25) is 0 Å². The summed E-state index contributed by atoms with van der Waals surface area (Å²) < 4.78 is 14.3. The van der Waals surface area contributed by atoms with Gasteiger partial charge in [0.15, 0.2) is 5.82 Å². The Hall–Kier alpha value is -0.750. The first-order valence-electron chi connectivity index (χ1n) is 4.95. The molecule has 2 nitrogen and oxygen atoms in total. The minimum Gasteiger partial charge on any atom is -0.232 e. The monoisotopic (exact) mass is 362 g/mol. The van der Waals surface area contributed by atoms with Gasteiger partial charge < -0.3 is 0 Å². The summed E-state index contributed by atoms with van der Waals surface area (Å²) in [5.74, 6) is 0.185. The lowest BCUT2D eigenvalue weighted by Crippen LogP contribution is -1.97. The second kappa shape index (κ2) is 4.86. The number of aryl methyl sites for hydroxylation is 2. The van der Waals surface area contributed by atoms with Gasteiger partial charge in [-0.2, -0.15) is 0 Å². The summed E-state index contributed by atoms with van der Waals surface area (Å²) in [6, 6.07) is 4.92. The first-order valence-corrected chi connectivity index (χ1v) is 6.41. The quantitative estimate of drug-likeness (QED) is 0.562. The van der Waals surface area contributed by atoms with Gasteiger partial charge >= 0.3 is 0 Å². The Labute approximate surface area is 117 Å². The molecule has 0 aliphatic heterocycles. The summed E-state index contributed by atoms with van der Waals surface area (Å²) in [4.78, 5) is 8.46. The molecule has 0 amide bonds. The summed E-state index contributed by atoms with van der Waals surface area (Å²) in [6.45, 7) is 3.56. The molecule has 1 heterocycles. The zero-order valence-corrected chi connectivity index (χ0v) is 12.2. The Morgan fingerprint density at radius 2 is 1.94 bits per heavy atom. The van der Waals surface area contributed by atoms with Crippen LogP contribution < -0.4 is 0 Å². The lowest BCUT2D eigenvalue weighted by Gasteiger charge is -2.06. The highest BCUT2D eigenvalue weighted by molar-refractivity contribution is 14.1. The molecular formula is C12H9ClFIN2. The Morgan fingerprint density at radius 3 is 2.53 bits per heavy atom. The van der Waals surface area contributed by atoms with Crippen molar-refractivity contribution in [2.24, 2.45) is 0 Å². The zero-order valence-electron chi connectivity index (χ0n) is 9.26. The van der Waals surface area contributed by atoms with Crippen LogP contribution in [-0.2, 0) is 0 Å². The van der Waals surface area contributed by atoms with Crippen molar-refractivity contribution in [1.29, 1.82) is 0 Å². The molecule has 0 aliphatic rings. The van der Waals surface area contributed by atoms with Crippen LogP contribution in [-0.4, -0.2) is 9.97 Å². The van der Waals surface area contributed by atoms with E-state index in [0.29, 0.717) is 22.1 Å². The normalized spacial score (nSPS) is 10.6. The van der Waals surface area contributed by atoms with Crippen LogP contribution in [0.25, 0.3) is 11.4 Å². The van der Waals surface area contributed by atoms with Crippen LogP contribution in [0.3, 0.4) is 0 Å². The molecular weight excluding hydrogens is 354 g/mol. The number of benzene rings is 1. The molecule has 1 aromatic carbocycles. The number of hydrogen-bond donors (Lipinski definition) is 0. The van der Waals surface area contributed by atoms with E-state index >= 15 is 0 Å². The van der Waals surface area contributed by atoms with Crippen molar-refractivity contribution in [1.82, 2.24) is 9.97 Å². The number of halogens is 3. The molecule has 5 heteroatoms. The van der Waals surface area contributed by atoms with E-state index in [-0.39, 0.29) is 5.82 Å². The molecule has 0 spiro atoms. The maximum Gasteiger partial charge on any atom is 0.161 e. The average molecular weight is 363 g/mol. The van der Waals surface area contributed by atoms with Crippen LogP contribution in [0, 0.1) is 23.2 Å². The van der Waals surface area contributed by atoms with Crippen molar-refractivity contribution in [3.63, 3.8) is 0 Å². The third kappa shape index (κ3) is 2.57. The van der Waals surface area contributed by atoms with Gasteiger partial charge in [-0.3, -0.25) is 0 Å². The zero-order chi connectivity index (χ0) is 12.6. The number of aromatic nitrogens is 2. The molecule has 0 atom stereocenters. The lowest BCUT2D eigenvalue weighted by molar-refractivity contribution is 0.619. The van der Waals surface area contributed by atoms with Crippen molar-refractivity contribution >= 4 is 34.2 Å². The summed E-state index contributed by atoms with van der Waals surface area (Å²) in [5.41, 5.74) is 2.03. The Balaban J connectivity index is 2.57. The van der Waals surface area contributed by atoms with E-state index in [1.807, 2.05) is 6.92 Å². The highest BCUT2D eigenvalue weighted by Crippen LogP contribution is 2.24. The van der Waals surface area contributed by atoms with Gasteiger partial charge in [0.25, 0.3) is 0 Å². The SMILES string of the molecule is Cc1ccc(-c2nc(C)c(I)c(Cl)n2)cc1F. The fourth-order valence-corrected chi connectivity index (χ4v) is 1.84. The fourth-order valence-electron chi connectivity index (χ4n) is 1.39. The average Bonchev–Trinajstić information content (AvgIpc) is 2.29. The number of rotatable bonds is 1. The van der Waals surface area contributed by atoms with E-state index in [9.17, 15) is 4.39 Å². The molecule has 2 rings (SSSR count). The topological polar surface area (TPSA) is 25.8 Å². The third-order valence-electron chi connectivity index (χ3n) is 2.41. The second-order valence-electron chi connectivity index (χ2n) is 3.70. The fraction of sp³-hybridized carbons (Fsp3) is 0.167. The lowest BCUT2D eigenvalue weighted by atomic mass is 10.1. The number of hydrogen-bond acceptors (Lipinski definition) is 2. The first kappa shape index (κ1) is 12.7. The Bertz CT molecular complexity index is 564. The molecule has 0 unspecified atom stereocenters. The molecule has 0 N–H and O–H groups in total. The molecule has 0 saturated carbocycles. The predicted octanol–water partition coefficient (Wildman–Crippen LogP) is 4.16. The Morgan fingerprint density at radius 1 is 1.24 bits per heavy atom. The summed E-state index contributed by atoms with van der Waals surface area (Å²) in [5, 5.41) is 0.397. The molecule has 0 saturated heterocycles. The molecule has 0 bridgehead atoms. The minimum atomic E-state index is -0.265. The molecule has 2 aromatic rings. The van der Waals surface area contributed by atoms with E-state index in [1.54, 1.807) is 19.1 Å². The van der Waals surface area contributed by atoms with Gasteiger partial charge in [0.1, 0.15) is 11.0 Å². The Kier molecular flexibility index (Phi) is 3.63. The van der Waals surface area contributed by atoms with Crippen LogP contribution in [0.15, 0.2) is 18.2 Å². The van der Waals surface area contributed by atoms with E-state index in [2.05, 4.69) is 32.6 Å². The van der Waals surface area contributed by atoms with Gasteiger partial charge in [-0.1, -0.05) is 23.7 Å². The molecule has 0 fully saturated rings. The molecule has 88 valence electrons.